The standard InChI is InChI=1S/C55H65N17O4/c1-3-70(55(74)61-39-12-8-37(9-13-39)48-62-50(68-31-42-14-15-43(32-68)75-42)46-28-58-71(52(46)64-48)40-18-23-56-24-19-40)66(2)54(73)60-38-10-6-36(7-11-38)49-63-51(69-33-44-16-17-45(34-69)76-44)47-29-59-72(53(47)65-49)41-20-25-67(26-21-41)30-35-5-4-22-57-27-35/h4-13,22,27-29,40-45,56H,3,14-21,23-26,30-34H2,1-2H3,(H,60,73)(H,61,74). The summed E-state index contributed by atoms with van der Waals surface area (Å²) in [7, 11) is 1.57. The monoisotopic (exact) mass is 1030 g/mol. The maximum Gasteiger partial charge on any atom is 0.340 e. The second kappa shape index (κ2) is 20.7. The Balaban J connectivity index is 0.689. The zero-order valence-electron chi connectivity index (χ0n) is 43.2. The van der Waals surface area contributed by atoms with Crippen molar-refractivity contribution in [3.8, 4) is 22.8 Å². The molecule has 76 heavy (non-hydrogen) atoms. The van der Waals surface area contributed by atoms with Crippen LogP contribution < -0.4 is 25.8 Å². The van der Waals surface area contributed by atoms with Crippen molar-refractivity contribution in [3.05, 3.63) is 91.0 Å². The molecule has 3 N–H and O–H groups in total. The molecule has 4 atom stereocenters. The molecule has 0 spiro atoms. The number of fused-ring (bicyclic) bond motifs is 6. The Kier molecular flexibility index (Phi) is 13.1. The van der Waals surface area contributed by atoms with Crippen molar-refractivity contribution in [2.45, 2.75) is 101 Å². The minimum absolute atomic E-state index is 0.183. The number of hydrogen-bond acceptors (Lipinski definition) is 15. The van der Waals surface area contributed by atoms with Gasteiger partial charge in [0.05, 0.1) is 59.7 Å². The summed E-state index contributed by atoms with van der Waals surface area (Å²) in [5.41, 5.74) is 5.63. The zero-order valence-corrected chi connectivity index (χ0v) is 43.2. The Morgan fingerprint density at radius 3 is 1.62 bits per heavy atom. The van der Waals surface area contributed by atoms with E-state index >= 15 is 0 Å². The molecule has 4 unspecified atom stereocenters. The van der Waals surface area contributed by atoms with Gasteiger partial charge in [0.2, 0.25) is 0 Å². The molecule has 21 nitrogen and oxygen atoms in total. The summed E-state index contributed by atoms with van der Waals surface area (Å²) in [4.78, 5) is 59.9. The number of anilines is 4. The predicted octanol–water partition coefficient (Wildman–Crippen LogP) is 7.12. The van der Waals surface area contributed by atoms with E-state index in [0.29, 0.717) is 23.0 Å². The third-order valence-electron chi connectivity index (χ3n) is 16.2. The van der Waals surface area contributed by atoms with Crippen LogP contribution >= 0.6 is 0 Å². The fourth-order valence-electron chi connectivity index (χ4n) is 12.2. The quantitative estimate of drug-likeness (QED) is 0.110. The molecule has 11 heterocycles. The van der Waals surface area contributed by atoms with Crippen LogP contribution in [0.5, 0.6) is 0 Å². The first-order valence-electron chi connectivity index (χ1n) is 27.2. The average molecular weight is 1030 g/mol. The smallest absolute Gasteiger partial charge is 0.340 e. The van der Waals surface area contributed by atoms with Crippen LogP contribution in [-0.4, -0.2) is 162 Å². The van der Waals surface area contributed by atoms with Crippen LogP contribution in [0.25, 0.3) is 44.8 Å². The van der Waals surface area contributed by atoms with Crippen molar-refractivity contribution in [1.29, 1.82) is 0 Å². The van der Waals surface area contributed by atoms with Gasteiger partial charge < -0.3 is 35.2 Å². The SMILES string of the molecule is CCN(C(=O)Nc1ccc(-c2nc(N3CC4CCC(C3)O4)c3cnn(C4CCNCC4)c3n2)cc1)N(C)C(=O)Nc1ccc(-c2nc(N3CC4CCC(C3)O4)c3cnn(C4CCN(Cc5cccnc5)CC4)c3n2)cc1. The van der Waals surface area contributed by atoms with Gasteiger partial charge in [0.1, 0.15) is 11.6 Å². The summed E-state index contributed by atoms with van der Waals surface area (Å²) in [5, 5.41) is 23.8. The van der Waals surface area contributed by atoms with E-state index in [4.69, 9.17) is 39.6 Å². The number of hydrazine groups is 1. The molecule has 4 bridgehead atoms. The fourth-order valence-corrected chi connectivity index (χ4v) is 12.2. The van der Waals surface area contributed by atoms with Crippen LogP contribution in [0.15, 0.2) is 85.5 Å². The maximum absolute atomic E-state index is 13.8. The largest absolute Gasteiger partial charge is 0.371 e. The summed E-state index contributed by atoms with van der Waals surface area (Å²) in [5.74, 6) is 2.95. The highest BCUT2D eigenvalue weighted by Gasteiger charge is 2.38. The molecule has 0 radical (unpaired) electrons. The third kappa shape index (κ3) is 9.64. The highest BCUT2D eigenvalue weighted by atomic mass is 16.5. The van der Waals surface area contributed by atoms with Gasteiger partial charge in [-0.05, 0) is 132 Å². The maximum atomic E-state index is 13.8. The number of nitrogens with zero attached hydrogens (tertiary/aromatic N) is 14. The predicted molar refractivity (Wildman–Crippen MR) is 289 cm³/mol. The number of nitrogens with one attached hydrogen (secondary N) is 3. The molecule has 7 aromatic rings. The second-order valence-corrected chi connectivity index (χ2v) is 21.2. The van der Waals surface area contributed by atoms with Gasteiger partial charge in [-0.1, -0.05) is 6.07 Å². The molecular weight excluding hydrogens is 963 g/mol. The lowest BCUT2D eigenvalue weighted by Crippen LogP contribution is -2.50. The first kappa shape index (κ1) is 48.3. The number of ether oxygens (including phenoxy) is 2. The number of amides is 4. The van der Waals surface area contributed by atoms with Crippen molar-refractivity contribution in [1.82, 2.24) is 64.7 Å². The summed E-state index contributed by atoms with van der Waals surface area (Å²) in [6, 6.07) is 18.7. The summed E-state index contributed by atoms with van der Waals surface area (Å²) >= 11 is 0. The van der Waals surface area contributed by atoms with Crippen LogP contribution in [0.2, 0.25) is 0 Å². The van der Waals surface area contributed by atoms with Gasteiger partial charge in [-0.15, -0.1) is 0 Å². The normalized spacial score (nSPS) is 22.1. The van der Waals surface area contributed by atoms with Gasteiger partial charge in [0.25, 0.3) is 0 Å². The Labute approximate surface area is 440 Å². The topological polar surface area (TPSA) is 205 Å². The Morgan fingerprint density at radius 2 is 1.13 bits per heavy atom. The Morgan fingerprint density at radius 1 is 0.632 bits per heavy atom. The fraction of sp³-hybridized carbons (Fsp3) is 0.473. The number of rotatable bonds is 11. The van der Waals surface area contributed by atoms with Gasteiger partial charge >= 0.3 is 12.1 Å². The number of aromatic nitrogens is 9. The third-order valence-corrected chi connectivity index (χ3v) is 16.2. The molecule has 6 aliphatic heterocycles. The molecule has 13 rings (SSSR count). The average Bonchev–Trinajstić information content (AvgIpc) is 4.33. The molecule has 21 heteroatoms. The van der Waals surface area contributed by atoms with E-state index in [-0.39, 0.29) is 43.0 Å². The van der Waals surface area contributed by atoms with Gasteiger partial charge in [0.15, 0.2) is 22.9 Å². The molecule has 2 aromatic carbocycles. The molecule has 6 fully saturated rings. The highest BCUT2D eigenvalue weighted by Crippen LogP contribution is 2.38. The van der Waals surface area contributed by atoms with Crippen molar-refractivity contribution < 1.29 is 19.1 Å². The van der Waals surface area contributed by atoms with E-state index in [1.165, 1.54) is 15.6 Å². The van der Waals surface area contributed by atoms with Crippen LogP contribution in [-0.2, 0) is 16.0 Å². The van der Waals surface area contributed by atoms with Crippen LogP contribution in [0.1, 0.15) is 75.9 Å². The number of morpholine rings is 2. The van der Waals surface area contributed by atoms with Gasteiger partial charge in [-0.3, -0.25) is 9.88 Å². The van der Waals surface area contributed by atoms with E-state index in [9.17, 15) is 9.59 Å². The number of carbonyl (C=O) groups is 2. The van der Waals surface area contributed by atoms with E-state index in [2.05, 4.69) is 51.1 Å². The number of benzene rings is 2. The summed E-state index contributed by atoms with van der Waals surface area (Å²) in [6.07, 6.45) is 16.5. The zero-order chi connectivity index (χ0) is 51.3. The summed E-state index contributed by atoms with van der Waals surface area (Å²) in [6.45, 7) is 9.85. The van der Waals surface area contributed by atoms with Crippen LogP contribution in [0, 0.1) is 0 Å². The minimum atomic E-state index is -0.474. The van der Waals surface area contributed by atoms with Crippen LogP contribution in [0.4, 0.5) is 32.6 Å². The van der Waals surface area contributed by atoms with E-state index < -0.39 is 12.1 Å². The number of hydrogen-bond donors (Lipinski definition) is 3. The first-order chi connectivity index (χ1) is 37.3. The molecule has 6 aliphatic rings. The Bertz CT molecular complexity index is 3190. The molecule has 394 valence electrons. The lowest BCUT2D eigenvalue weighted by Gasteiger charge is -2.33. The first-order valence-corrected chi connectivity index (χ1v) is 27.2. The Hall–Kier alpha value is -7.33. The van der Waals surface area contributed by atoms with E-state index in [1.807, 2.05) is 86.3 Å². The molecule has 4 amide bonds. The van der Waals surface area contributed by atoms with Gasteiger partial charge in [0, 0.05) is 94.3 Å². The second-order valence-electron chi connectivity index (χ2n) is 21.2. The number of carbonyl (C=O) groups excluding carboxylic acids is 2. The number of pyridine rings is 1. The van der Waals surface area contributed by atoms with E-state index in [0.717, 1.165) is 155 Å². The molecule has 0 aliphatic carbocycles. The van der Waals surface area contributed by atoms with Crippen molar-refractivity contribution >= 4 is 57.1 Å². The minimum Gasteiger partial charge on any atom is -0.371 e. The van der Waals surface area contributed by atoms with Crippen molar-refractivity contribution in [2.24, 2.45) is 0 Å². The molecule has 5 aromatic heterocycles. The van der Waals surface area contributed by atoms with Crippen molar-refractivity contribution in [2.75, 3.05) is 86.4 Å². The lowest BCUT2D eigenvalue weighted by atomic mass is 10.0. The molecule has 0 saturated carbocycles. The van der Waals surface area contributed by atoms with Crippen LogP contribution in [0.3, 0.4) is 0 Å². The molecular formula is C55H65N17O4. The van der Waals surface area contributed by atoms with Gasteiger partial charge in [-0.25, -0.2) is 48.9 Å². The van der Waals surface area contributed by atoms with Crippen molar-refractivity contribution in [3.63, 3.8) is 0 Å². The van der Waals surface area contributed by atoms with Gasteiger partial charge in [-0.2, -0.15) is 10.2 Å². The highest BCUT2D eigenvalue weighted by molar-refractivity contribution is 5.95. The number of likely N-dealkylation sites (tertiary alicyclic amines) is 1. The summed E-state index contributed by atoms with van der Waals surface area (Å²) < 4.78 is 16.6. The van der Waals surface area contributed by atoms with E-state index in [1.54, 1.807) is 7.05 Å². The number of piperidine rings is 2. The molecule has 6 saturated heterocycles. The number of urea groups is 2. The lowest BCUT2D eigenvalue weighted by molar-refractivity contribution is 0.0301.